The molecule has 106 valence electrons. The Kier molecular flexibility index (Phi) is 4.14. The van der Waals surface area contributed by atoms with Crippen LogP contribution in [0.5, 0.6) is 0 Å². The molecule has 0 saturated heterocycles. The van der Waals surface area contributed by atoms with Gasteiger partial charge in [-0.15, -0.1) is 0 Å². The molecule has 2 heterocycles. The molecule has 4 nitrogen and oxygen atoms in total. The van der Waals surface area contributed by atoms with Crippen LogP contribution >= 0.6 is 0 Å². The summed E-state index contributed by atoms with van der Waals surface area (Å²) in [6.45, 7) is 5.16. The molecule has 20 heavy (non-hydrogen) atoms. The summed E-state index contributed by atoms with van der Waals surface area (Å²) in [5, 5.41) is 3.19. The van der Waals surface area contributed by atoms with Crippen molar-refractivity contribution in [2.45, 2.75) is 26.1 Å². The first-order valence-electron chi connectivity index (χ1n) is 7.30. The second-order valence-electron chi connectivity index (χ2n) is 5.42. The number of aromatic nitrogens is 2. The lowest BCUT2D eigenvalue weighted by Gasteiger charge is -2.27. The Labute approximate surface area is 120 Å². The molecule has 0 spiro atoms. The Balaban J connectivity index is 1.58. The van der Waals surface area contributed by atoms with Crippen molar-refractivity contribution in [1.82, 2.24) is 19.8 Å². The van der Waals surface area contributed by atoms with Gasteiger partial charge in [0.15, 0.2) is 0 Å². The maximum atomic E-state index is 4.41. The summed E-state index contributed by atoms with van der Waals surface area (Å²) in [7, 11) is 1.99. The van der Waals surface area contributed by atoms with Crippen LogP contribution in [0.2, 0.25) is 0 Å². The van der Waals surface area contributed by atoms with Gasteiger partial charge in [-0.2, -0.15) is 0 Å². The molecule has 1 aliphatic heterocycles. The van der Waals surface area contributed by atoms with Crippen LogP contribution in [-0.2, 0) is 26.1 Å². The standard InChI is InChI=1S/C16H22N4/c1-17-7-6-14-2-4-15(5-3-14)12-19-10-11-20-9-8-18-16(20)13-19/h2-5,8-9,17H,6-7,10-13H2,1H3. The largest absolute Gasteiger partial charge is 0.333 e. The van der Waals surface area contributed by atoms with E-state index in [1.54, 1.807) is 0 Å². The number of nitrogens with zero attached hydrogens (tertiary/aromatic N) is 3. The van der Waals surface area contributed by atoms with E-state index in [-0.39, 0.29) is 0 Å². The molecule has 0 saturated carbocycles. The second-order valence-corrected chi connectivity index (χ2v) is 5.42. The summed E-state index contributed by atoms with van der Waals surface area (Å²) in [4.78, 5) is 6.87. The number of hydrogen-bond donors (Lipinski definition) is 1. The molecule has 0 fully saturated rings. The topological polar surface area (TPSA) is 33.1 Å². The molecule has 1 N–H and O–H groups in total. The van der Waals surface area contributed by atoms with Gasteiger partial charge in [0.2, 0.25) is 0 Å². The van der Waals surface area contributed by atoms with Gasteiger partial charge in [0.25, 0.3) is 0 Å². The third-order valence-electron chi connectivity index (χ3n) is 3.92. The van der Waals surface area contributed by atoms with Crippen molar-refractivity contribution < 1.29 is 0 Å². The Morgan fingerprint density at radius 1 is 1.15 bits per heavy atom. The van der Waals surface area contributed by atoms with Crippen LogP contribution in [0.1, 0.15) is 17.0 Å². The van der Waals surface area contributed by atoms with E-state index < -0.39 is 0 Å². The SMILES string of the molecule is CNCCc1ccc(CN2CCn3ccnc3C2)cc1. The van der Waals surface area contributed by atoms with Gasteiger partial charge in [0, 0.05) is 32.0 Å². The van der Waals surface area contributed by atoms with Crippen LogP contribution in [0.3, 0.4) is 0 Å². The Morgan fingerprint density at radius 2 is 1.95 bits per heavy atom. The first-order chi connectivity index (χ1) is 9.85. The van der Waals surface area contributed by atoms with Gasteiger partial charge >= 0.3 is 0 Å². The maximum Gasteiger partial charge on any atom is 0.122 e. The Bertz CT molecular complexity index is 544. The number of benzene rings is 1. The van der Waals surface area contributed by atoms with Gasteiger partial charge in [-0.3, -0.25) is 4.90 Å². The smallest absolute Gasteiger partial charge is 0.122 e. The second kappa shape index (κ2) is 6.20. The summed E-state index contributed by atoms with van der Waals surface area (Å²) in [5.41, 5.74) is 2.79. The minimum Gasteiger partial charge on any atom is -0.333 e. The van der Waals surface area contributed by atoms with E-state index in [1.807, 2.05) is 13.2 Å². The molecule has 0 amide bonds. The zero-order chi connectivity index (χ0) is 13.8. The number of fused-ring (bicyclic) bond motifs is 1. The molecule has 0 radical (unpaired) electrons. The molecule has 3 rings (SSSR count). The highest BCUT2D eigenvalue weighted by atomic mass is 15.2. The maximum absolute atomic E-state index is 4.41. The van der Waals surface area contributed by atoms with E-state index in [2.05, 4.69) is 50.2 Å². The minimum absolute atomic E-state index is 0.953. The molecule has 1 aromatic carbocycles. The highest BCUT2D eigenvalue weighted by molar-refractivity contribution is 5.23. The summed E-state index contributed by atoms with van der Waals surface area (Å²) in [6.07, 6.45) is 5.07. The van der Waals surface area contributed by atoms with Crippen molar-refractivity contribution in [3.8, 4) is 0 Å². The fourth-order valence-electron chi connectivity index (χ4n) is 2.70. The lowest BCUT2D eigenvalue weighted by Crippen LogP contribution is -2.33. The normalized spacial score (nSPS) is 15.2. The summed E-state index contributed by atoms with van der Waals surface area (Å²) < 4.78 is 2.25. The van der Waals surface area contributed by atoms with Crippen molar-refractivity contribution in [2.24, 2.45) is 0 Å². The molecule has 0 bridgehead atoms. The Hall–Kier alpha value is -1.65. The minimum atomic E-state index is 0.953. The van der Waals surface area contributed by atoms with Crippen molar-refractivity contribution in [1.29, 1.82) is 0 Å². The number of likely N-dealkylation sites (N-methyl/N-ethyl adjacent to an activating group) is 1. The van der Waals surface area contributed by atoms with Crippen LogP contribution in [0.25, 0.3) is 0 Å². The fourth-order valence-corrected chi connectivity index (χ4v) is 2.70. The van der Waals surface area contributed by atoms with Gasteiger partial charge in [-0.25, -0.2) is 4.98 Å². The molecule has 1 aromatic heterocycles. The lowest BCUT2D eigenvalue weighted by molar-refractivity contribution is 0.209. The molecule has 4 heteroatoms. The van der Waals surface area contributed by atoms with Crippen LogP contribution in [0.15, 0.2) is 36.7 Å². The van der Waals surface area contributed by atoms with E-state index in [0.717, 1.165) is 39.1 Å². The number of nitrogens with one attached hydrogen (secondary N) is 1. The van der Waals surface area contributed by atoms with Crippen LogP contribution < -0.4 is 5.32 Å². The van der Waals surface area contributed by atoms with E-state index in [1.165, 1.54) is 17.0 Å². The van der Waals surface area contributed by atoms with E-state index in [4.69, 9.17) is 0 Å². The third-order valence-corrected chi connectivity index (χ3v) is 3.92. The fraction of sp³-hybridized carbons (Fsp3) is 0.438. The highest BCUT2D eigenvalue weighted by Gasteiger charge is 2.16. The average molecular weight is 270 g/mol. The quantitative estimate of drug-likeness (QED) is 0.897. The van der Waals surface area contributed by atoms with Crippen molar-refractivity contribution in [3.63, 3.8) is 0 Å². The monoisotopic (exact) mass is 270 g/mol. The summed E-state index contributed by atoms with van der Waals surface area (Å²) in [5.74, 6) is 1.18. The van der Waals surface area contributed by atoms with E-state index in [9.17, 15) is 0 Å². The van der Waals surface area contributed by atoms with Gasteiger partial charge in [-0.1, -0.05) is 24.3 Å². The first-order valence-corrected chi connectivity index (χ1v) is 7.30. The van der Waals surface area contributed by atoms with Crippen LogP contribution in [-0.4, -0.2) is 34.6 Å². The molecular formula is C16H22N4. The Morgan fingerprint density at radius 3 is 2.75 bits per heavy atom. The van der Waals surface area contributed by atoms with Gasteiger partial charge in [0.1, 0.15) is 5.82 Å². The summed E-state index contributed by atoms with van der Waals surface area (Å²) in [6, 6.07) is 9.01. The molecule has 0 atom stereocenters. The zero-order valence-corrected chi connectivity index (χ0v) is 12.0. The zero-order valence-electron chi connectivity index (χ0n) is 12.0. The molecule has 0 unspecified atom stereocenters. The molecular weight excluding hydrogens is 248 g/mol. The van der Waals surface area contributed by atoms with Gasteiger partial charge in [0.05, 0.1) is 6.54 Å². The average Bonchev–Trinajstić information content (AvgIpc) is 2.94. The van der Waals surface area contributed by atoms with Crippen molar-refractivity contribution in [3.05, 3.63) is 53.6 Å². The van der Waals surface area contributed by atoms with E-state index in [0.29, 0.717) is 0 Å². The number of hydrogen-bond acceptors (Lipinski definition) is 3. The third kappa shape index (κ3) is 3.08. The first kappa shape index (κ1) is 13.3. The molecule has 1 aliphatic rings. The van der Waals surface area contributed by atoms with Gasteiger partial charge in [-0.05, 0) is 31.1 Å². The lowest BCUT2D eigenvalue weighted by atomic mass is 10.1. The highest BCUT2D eigenvalue weighted by Crippen LogP contribution is 2.14. The molecule has 2 aromatic rings. The van der Waals surface area contributed by atoms with Gasteiger partial charge < -0.3 is 9.88 Å². The predicted octanol–water partition coefficient (Wildman–Crippen LogP) is 1.66. The van der Waals surface area contributed by atoms with Crippen LogP contribution in [0, 0.1) is 0 Å². The number of imidazole rings is 1. The summed E-state index contributed by atoms with van der Waals surface area (Å²) >= 11 is 0. The predicted molar refractivity (Wildman–Crippen MR) is 80.4 cm³/mol. The van der Waals surface area contributed by atoms with Crippen molar-refractivity contribution >= 4 is 0 Å². The molecule has 0 aliphatic carbocycles. The van der Waals surface area contributed by atoms with Crippen molar-refractivity contribution in [2.75, 3.05) is 20.1 Å². The van der Waals surface area contributed by atoms with E-state index >= 15 is 0 Å². The number of rotatable bonds is 5. The van der Waals surface area contributed by atoms with Crippen LogP contribution in [0.4, 0.5) is 0 Å².